The molecule has 2 N–H and O–H groups in total. The fourth-order valence-electron chi connectivity index (χ4n) is 5.46. The number of likely N-dealkylation sites (tertiary alicyclic amines) is 1. The zero-order valence-electron chi connectivity index (χ0n) is 23.7. The highest BCUT2D eigenvalue weighted by atomic mass is 16.5. The van der Waals surface area contributed by atoms with Crippen LogP contribution in [0.1, 0.15) is 62.9 Å². The van der Waals surface area contributed by atoms with Gasteiger partial charge < -0.3 is 15.4 Å². The van der Waals surface area contributed by atoms with Gasteiger partial charge in [0.05, 0.1) is 12.1 Å². The van der Waals surface area contributed by atoms with E-state index in [9.17, 15) is 14.4 Å². The first kappa shape index (κ1) is 29.5. The number of carbonyl (C=O) groups is 3. The van der Waals surface area contributed by atoms with Gasteiger partial charge in [0, 0.05) is 24.9 Å². The fraction of sp³-hybridized carbons (Fsp3) is 0.500. The molecule has 40 heavy (non-hydrogen) atoms. The number of hydrogen-bond donors (Lipinski definition) is 2. The predicted octanol–water partition coefficient (Wildman–Crippen LogP) is 4.42. The molecule has 1 fully saturated rings. The molecule has 2 aromatic rings. The van der Waals surface area contributed by atoms with Gasteiger partial charge in [0.25, 0.3) is 5.91 Å². The molecule has 2 atom stereocenters. The van der Waals surface area contributed by atoms with Crippen LogP contribution in [-0.2, 0) is 14.3 Å². The first-order valence-corrected chi connectivity index (χ1v) is 14.6. The molecule has 1 unspecified atom stereocenters. The first-order valence-electron chi connectivity index (χ1n) is 14.6. The number of amides is 2. The van der Waals surface area contributed by atoms with Gasteiger partial charge in [-0.3, -0.25) is 14.5 Å². The van der Waals surface area contributed by atoms with Crippen LogP contribution in [0.15, 0.2) is 60.2 Å². The molecule has 4 rings (SSSR count). The number of hydrogen-bond acceptors (Lipinski definition) is 6. The van der Waals surface area contributed by atoms with E-state index in [1.165, 1.54) is 5.57 Å². The molecule has 1 aromatic heterocycles. The molecule has 1 aliphatic carbocycles. The van der Waals surface area contributed by atoms with Crippen molar-refractivity contribution >= 4 is 28.7 Å². The smallest absolute Gasteiger partial charge is 0.328 e. The minimum Gasteiger partial charge on any atom is -0.464 e. The van der Waals surface area contributed by atoms with Crippen LogP contribution >= 0.6 is 0 Å². The molecule has 0 bridgehead atoms. The number of para-hydroxylation sites is 1. The molecule has 8 heteroatoms. The number of fused-ring (bicyclic) bond motifs is 1. The van der Waals surface area contributed by atoms with Crippen LogP contribution in [0.3, 0.4) is 0 Å². The molecule has 214 valence electrons. The van der Waals surface area contributed by atoms with Crippen LogP contribution in [0.25, 0.3) is 10.9 Å². The molecule has 0 radical (unpaired) electrons. The summed E-state index contributed by atoms with van der Waals surface area (Å²) in [6, 6.07) is 10.0. The average Bonchev–Trinajstić information content (AvgIpc) is 2.96. The van der Waals surface area contributed by atoms with Crippen molar-refractivity contribution in [2.75, 3.05) is 32.8 Å². The SMILES string of the molecule is CCOC(=O)[C@H](CCC(=O)NCCC1CCN(CC2=CC=CC(C)C2)CC1)NC(=O)c1ccc2ccccc2n1. The Morgan fingerprint density at radius 3 is 2.70 bits per heavy atom. The maximum absolute atomic E-state index is 12.9. The van der Waals surface area contributed by atoms with Crippen LogP contribution < -0.4 is 10.6 Å². The summed E-state index contributed by atoms with van der Waals surface area (Å²) < 4.78 is 5.15. The summed E-state index contributed by atoms with van der Waals surface area (Å²) in [6.45, 7) is 8.05. The van der Waals surface area contributed by atoms with Gasteiger partial charge in [0.15, 0.2) is 0 Å². The molecule has 1 aliphatic heterocycles. The third-order valence-electron chi connectivity index (χ3n) is 7.73. The average molecular weight is 547 g/mol. The predicted molar refractivity (Wildman–Crippen MR) is 157 cm³/mol. The van der Waals surface area contributed by atoms with E-state index in [2.05, 4.69) is 45.7 Å². The zero-order valence-corrected chi connectivity index (χ0v) is 23.7. The standard InChI is InChI=1S/C32H42N4O4/c1-3-40-32(39)29(35-31(38)28-12-11-26-9-4-5-10-27(26)34-28)13-14-30(37)33-18-15-24-16-19-36(20-17-24)22-25-8-6-7-23(2)21-25/h4-12,23-24,29H,3,13-22H2,1-2H3,(H,33,37)(H,35,38)/t23?,29-/m0/s1. The van der Waals surface area contributed by atoms with Crippen molar-refractivity contribution in [2.45, 2.75) is 58.4 Å². The molecular formula is C32H42N4O4. The Morgan fingerprint density at radius 1 is 1.12 bits per heavy atom. The summed E-state index contributed by atoms with van der Waals surface area (Å²) in [5, 5.41) is 6.63. The van der Waals surface area contributed by atoms with Crippen molar-refractivity contribution in [1.29, 1.82) is 0 Å². The Morgan fingerprint density at radius 2 is 1.93 bits per heavy atom. The zero-order chi connectivity index (χ0) is 28.3. The van der Waals surface area contributed by atoms with Gasteiger partial charge in [-0.25, -0.2) is 9.78 Å². The topological polar surface area (TPSA) is 101 Å². The summed E-state index contributed by atoms with van der Waals surface area (Å²) in [5.41, 5.74) is 2.43. The molecule has 2 amide bonds. The highest BCUT2D eigenvalue weighted by Crippen LogP contribution is 2.24. The number of pyridine rings is 1. The van der Waals surface area contributed by atoms with E-state index in [-0.39, 0.29) is 31.0 Å². The van der Waals surface area contributed by atoms with Gasteiger partial charge in [-0.05, 0) is 76.1 Å². The largest absolute Gasteiger partial charge is 0.464 e. The van der Waals surface area contributed by atoms with Crippen molar-refractivity contribution in [3.8, 4) is 0 Å². The molecule has 2 aliphatic rings. The van der Waals surface area contributed by atoms with E-state index >= 15 is 0 Å². The minimum absolute atomic E-state index is 0.120. The molecule has 1 saturated heterocycles. The van der Waals surface area contributed by atoms with E-state index in [0.29, 0.717) is 23.9 Å². The number of piperidine rings is 1. The summed E-state index contributed by atoms with van der Waals surface area (Å²) in [5.74, 6) is 0.0894. The van der Waals surface area contributed by atoms with Crippen molar-refractivity contribution in [2.24, 2.45) is 11.8 Å². The van der Waals surface area contributed by atoms with Gasteiger partial charge in [-0.15, -0.1) is 0 Å². The lowest BCUT2D eigenvalue weighted by atomic mass is 9.91. The number of esters is 1. The lowest BCUT2D eigenvalue weighted by molar-refractivity contribution is -0.145. The number of carbonyl (C=O) groups excluding carboxylic acids is 3. The van der Waals surface area contributed by atoms with Gasteiger partial charge in [-0.2, -0.15) is 0 Å². The van der Waals surface area contributed by atoms with Crippen LogP contribution in [0.5, 0.6) is 0 Å². The van der Waals surface area contributed by atoms with Crippen molar-refractivity contribution < 1.29 is 19.1 Å². The van der Waals surface area contributed by atoms with Crippen LogP contribution in [-0.4, -0.2) is 66.5 Å². The van der Waals surface area contributed by atoms with Gasteiger partial charge in [0.2, 0.25) is 5.91 Å². The van der Waals surface area contributed by atoms with E-state index in [0.717, 1.165) is 50.7 Å². The summed E-state index contributed by atoms with van der Waals surface area (Å²) in [7, 11) is 0. The molecule has 2 heterocycles. The quantitative estimate of drug-likeness (QED) is 0.383. The second-order valence-corrected chi connectivity index (χ2v) is 11.0. The molecular weight excluding hydrogens is 504 g/mol. The molecule has 1 aromatic carbocycles. The second-order valence-electron chi connectivity index (χ2n) is 11.0. The number of ether oxygens (including phenoxy) is 1. The number of nitrogens with one attached hydrogen (secondary N) is 2. The van der Waals surface area contributed by atoms with E-state index < -0.39 is 17.9 Å². The van der Waals surface area contributed by atoms with E-state index in [1.54, 1.807) is 13.0 Å². The maximum Gasteiger partial charge on any atom is 0.328 e. The van der Waals surface area contributed by atoms with Crippen LogP contribution in [0, 0.1) is 11.8 Å². The number of rotatable bonds is 12. The summed E-state index contributed by atoms with van der Waals surface area (Å²) >= 11 is 0. The first-order chi connectivity index (χ1) is 19.4. The lowest BCUT2D eigenvalue weighted by Crippen LogP contribution is -2.43. The normalized spacial score (nSPS) is 18.6. The number of aromatic nitrogens is 1. The van der Waals surface area contributed by atoms with Crippen molar-refractivity contribution in [1.82, 2.24) is 20.5 Å². The van der Waals surface area contributed by atoms with Crippen molar-refractivity contribution in [3.63, 3.8) is 0 Å². The Labute approximate surface area is 237 Å². The molecule has 0 saturated carbocycles. The Kier molecular flexibility index (Phi) is 10.9. The third-order valence-corrected chi connectivity index (χ3v) is 7.73. The van der Waals surface area contributed by atoms with E-state index in [4.69, 9.17) is 4.74 Å². The summed E-state index contributed by atoms with van der Waals surface area (Å²) in [6.07, 6.45) is 11.4. The highest BCUT2D eigenvalue weighted by Gasteiger charge is 2.25. The summed E-state index contributed by atoms with van der Waals surface area (Å²) in [4.78, 5) is 44.9. The number of nitrogens with zero attached hydrogens (tertiary/aromatic N) is 2. The van der Waals surface area contributed by atoms with Crippen LogP contribution in [0.2, 0.25) is 0 Å². The lowest BCUT2D eigenvalue weighted by Gasteiger charge is -2.33. The fourth-order valence-corrected chi connectivity index (χ4v) is 5.46. The van der Waals surface area contributed by atoms with Gasteiger partial charge >= 0.3 is 5.97 Å². The van der Waals surface area contributed by atoms with Gasteiger partial charge in [0.1, 0.15) is 11.7 Å². The molecule has 0 spiro atoms. The molecule has 8 nitrogen and oxygen atoms in total. The number of allylic oxidation sites excluding steroid dienone is 3. The monoisotopic (exact) mass is 546 g/mol. The van der Waals surface area contributed by atoms with Crippen molar-refractivity contribution in [3.05, 3.63) is 65.9 Å². The maximum atomic E-state index is 12.9. The third kappa shape index (κ3) is 8.74. The highest BCUT2D eigenvalue weighted by molar-refractivity contribution is 5.97. The van der Waals surface area contributed by atoms with Gasteiger partial charge in [-0.1, -0.05) is 55.0 Å². The number of benzene rings is 1. The van der Waals surface area contributed by atoms with E-state index in [1.807, 2.05) is 30.3 Å². The second kappa shape index (κ2) is 14.7. The van der Waals surface area contributed by atoms with Crippen LogP contribution in [0.4, 0.5) is 0 Å². The Bertz CT molecular complexity index is 1230. The Balaban J connectivity index is 1.18. The minimum atomic E-state index is -0.923. The Hall–Kier alpha value is -3.52.